The monoisotopic (exact) mass is 444 g/mol. The van der Waals surface area contributed by atoms with Gasteiger partial charge in [0.2, 0.25) is 0 Å². The van der Waals surface area contributed by atoms with Crippen LogP contribution in [0.25, 0.3) is 17.2 Å². The molecule has 2 aliphatic rings. The largest absolute Gasteiger partial charge is 0.368 e. The molecule has 1 fully saturated rings. The van der Waals surface area contributed by atoms with E-state index in [2.05, 4.69) is 28.0 Å². The van der Waals surface area contributed by atoms with Crippen LogP contribution in [0.5, 0.6) is 0 Å². The van der Waals surface area contributed by atoms with Gasteiger partial charge in [0, 0.05) is 48.0 Å². The summed E-state index contributed by atoms with van der Waals surface area (Å²) in [6.07, 6.45) is 4.48. The molecule has 0 amide bonds. The van der Waals surface area contributed by atoms with E-state index in [0.29, 0.717) is 5.78 Å². The van der Waals surface area contributed by atoms with Gasteiger partial charge in [-0.15, -0.1) is 5.10 Å². The van der Waals surface area contributed by atoms with E-state index in [-0.39, 0.29) is 0 Å². The van der Waals surface area contributed by atoms with E-state index in [1.165, 1.54) is 35.6 Å². The number of fused-ring (bicyclic) bond motifs is 2. The average Bonchev–Trinajstić information content (AvgIpc) is 3.27. The second kappa shape index (κ2) is 8.10. The molecule has 32 heavy (non-hydrogen) atoms. The Kier molecular flexibility index (Phi) is 4.95. The maximum Gasteiger partial charge on any atom is 0.254 e. The number of aromatic nitrogens is 4. The lowest BCUT2D eigenvalue weighted by atomic mass is 9.96. The molecule has 0 radical (unpaired) electrons. The fourth-order valence-electron chi connectivity index (χ4n) is 4.90. The Morgan fingerprint density at radius 2 is 1.56 bits per heavy atom. The van der Waals surface area contributed by atoms with Gasteiger partial charge < -0.3 is 9.80 Å². The lowest BCUT2D eigenvalue weighted by Gasteiger charge is -2.38. The van der Waals surface area contributed by atoms with Gasteiger partial charge >= 0.3 is 0 Å². The number of hydrogen-bond donors (Lipinski definition) is 0. The fraction of sp³-hybridized carbons (Fsp3) is 0.320. The summed E-state index contributed by atoms with van der Waals surface area (Å²) in [6.45, 7) is 3.75. The summed E-state index contributed by atoms with van der Waals surface area (Å²) >= 11 is 6.22. The molecule has 2 aromatic heterocycles. The number of benzene rings is 2. The Balaban J connectivity index is 1.38. The highest BCUT2D eigenvalue weighted by Crippen LogP contribution is 2.32. The van der Waals surface area contributed by atoms with Crippen molar-refractivity contribution >= 4 is 28.9 Å². The van der Waals surface area contributed by atoms with Crippen molar-refractivity contribution in [3.8, 4) is 11.4 Å². The van der Waals surface area contributed by atoms with Crippen molar-refractivity contribution in [2.75, 3.05) is 36.0 Å². The van der Waals surface area contributed by atoms with Gasteiger partial charge in [-0.2, -0.15) is 9.50 Å². The molecule has 6 nitrogen and oxygen atoms in total. The van der Waals surface area contributed by atoms with E-state index in [9.17, 15) is 0 Å². The average molecular weight is 445 g/mol. The maximum atomic E-state index is 6.22. The fourth-order valence-corrected chi connectivity index (χ4v) is 5.09. The summed E-state index contributed by atoms with van der Waals surface area (Å²) in [5.74, 6) is 2.63. The van der Waals surface area contributed by atoms with Crippen LogP contribution in [0.2, 0.25) is 5.02 Å². The quantitative estimate of drug-likeness (QED) is 0.460. The highest BCUT2D eigenvalue weighted by molar-refractivity contribution is 6.30. The van der Waals surface area contributed by atoms with E-state index in [1.54, 1.807) is 0 Å². The van der Waals surface area contributed by atoms with Crippen molar-refractivity contribution in [2.45, 2.75) is 25.7 Å². The Labute approximate surface area is 192 Å². The predicted molar refractivity (Wildman–Crippen MR) is 129 cm³/mol. The van der Waals surface area contributed by atoms with Gasteiger partial charge in [-0.1, -0.05) is 48.0 Å². The van der Waals surface area contributed by atoms with Crippen LogP contribution in [0.15, 0.2) is 54.6 Å². The smallest absolute Gasteiger partial charge is 0.254 e. The number of anilines is 2. The van der Waals surface area contributed by atoms with Crippen LogP contribution >= 0.6 is 11.6 Å². The molecule has 0 bridgehead atoms. The molecule has 0 N–H and O–H groups in total. The second-order valence-electron chi connectivity index (χ2n) is 8.53. The normalized spacial score (nSPS) is 16.4. The van der Waals surface area contributed by atoms with E-state index in [0.717, 1.165) is 55.4 Å². The molecule has 1 aliphatic carbocycles. The molecular weight excluding hydrogens is 420 g/mol. The van der Waals surface area contributed by atoms with E-state index >= 15 is 0 Å². The summed E-state index contributed by atoms with van der Waals surface area (Å²) in [7, 11) is 0. The molecule has 1 saturated heterocycles. The Bertz CT molecular complexity index is 1260. The molecule has 2 aromatic carbocycles. The highest BCUT2D eigenvalue weighted by Gasteiger charge is 2.27. The molecule has 1 aliphatic heterocycles. The number of piperazine rings is 1. The van der Waals surface area contributed by atoms with Crippen LogP contribution in [0.1, 0.15) is 24.1 Å². The summed E-state index contributed by atoms with van der Waals surface area (Å²) in [6, 6.07) is 18.3. The van der Waals surface area contributed by atoms with Gasteiger partial charge in [0.25, 0.3) is 5.78 Å². The SMILES string of the molecule is Clc1cccc(N2CCN(c3c4c(nc5nc(-c6ccccc6)nn35)CCCC4)CC2)c1. The molecular formula is C25H25ClN6. The molecule has 0 spiro atoms. The van der Waals surface area contributed by atoms with Crippen LogP contribution in [0.4, 0.5) is 11.5 Å². The van der Waals surface area contributed by atoms with Crippen molar-refractivity contribution in [3.05, 3.63) is 70.9 Å². The number of aryl methyl sites for hydroxylation is 1. The molecule has 6 rings (SSSR count). The van der Waals surface area contributed by atoms with Crippen LogP contribution < -0.4 is 9.80 Å². The Morgan fingerprint density at radius 3 is 2.38 bits per heavy atom. The van der Waals surface area contributed by atoms with Crippen molar-refractivity contribution in [1.29, 1.82) is 0 Å². The van der Waals surface area contributed by atoms with Gasteiger partial charge in [-0.05, 0) is 43.9 Å². The predicted octanol–water partition coefficient (Wildman–Crippen LogP) is 4.65. The minimum atomic E-state index is 0.705. The zero-order chi connectivity index (χ0) is 21.5. The van der Waals surface area contributed by atoms with Crippen molar-refractivity contribution in [2.24, 2.45) is 0 Å². The standard InChI is InChI=1S/C25H25ClN6/c26-19-9-6-10-20(17-19)30-13-15-31(16-14-30)24-21-11-4-5-12-22(21)27-25-28-23(29-32(24)25)18-7-2-1-3-8-18/h1-3,6-10,17H,4-5,11-16H2. The lowest BCUT2D eigenvalue weighted by molar-refractivity contribution is 0.615. The van der Waals surface area contributed by atoms with Crippen molar-refractivity contribution in [1.82, 2.24) is 19.6 Å². The first kappa shape index (κ1) is 19.6. The summed E-state index contributed by atoms with van der Waals surface area (Å²) in [5.41, 5.74) is 4.76. The third kappa shape index (κ3) is 3.48. The van der Waals surface area contributed by atoms with E-state index in [1.807, 2.05) is 40.9 Å². The molecule has 4 aromatic rings. The van der Waals surface area contributed by atoms with Gasteiger partial charge in [0.1, 0.15) is 5.82 Å². The van der Waals surface area contributed by atoms with Gasteiger partial charge in [-0.25, -0.2) is 4.98 Å². The Morgan fingerprint density at radius 1 is 0.781 bits per heavy atom. The lowest BCUT2D eigenvalue weighted by Crippen LogP contribution is -2.47. The summed E-state index contributed by atoms with van der Waals surface area (Å²) in [5, 5.41) is 5.71. The van der Waals surface area contributed by atoms with Crippen molar-refractivity contribution < 1.29 is 0 Å². The number of hydrogen-bond acceptors (Lipinski definition) is 5. The van der Waals surface area contributed by atoms with Crippen molar-refractivity contribution in [3.63, 3.8) is 0 Å². The molecule has 0 saturated carbocycles. The summed E-state index contributed by atoms with van der Waals surface area (Å²) < 4.78 is 1.99. The van der Waals surface area contributed by atoms with E-state index in [4.69, 9.17) is 26.7 Å². The van der Waals surface area contributed by atoms with Gasteiger partial charge in [-0.3, -0.25) is 0 Å². The first-order valence-corrected chi connectivity index (χ1v) is 11.7. The van der Waals surface area contributed by atoms with Gasteiger partial charge in [0.15, 0.2) is 5.82 Å². The number of rotatable bonds is 3. The second-order valence-corrected chi connectivity index (χ2v) is 8.97. The van der Waals surface area contributed by atoms with E-state index < -0.39 is 0 Å². The molecule has 162 valence electrons. The zero-order valence-electron chi connectivity index (χ0n) is 17.9. The van der Waals surface area contributed by atoms with Crippen LogP contribution in [-0.4, -0.2) is 45.8 Å². The number of halogens is 1. The minimum Gasteiger partial charge on any atom is -0.368 e. The third-order valence-electron chi connectivity index (χ3n) is 6.52. The zero-order valence-corrected chi connectivity index (χ0v) is 18.7. The topological polar surface area (TPSA) is 49.6 Å². The first-order valence-electron chi connectivity index (χ1n) is 11.4. The first-order chi connectivity index (χ1) is 15.8. The Hall–Kier alpha value is -3.12. The number of nitrogens with zero attached hydrogens (tertiary/aromatic N) is 6. The molecule has 3 heterocycles. The summed E-state index contributed by atoms with van der Waals surface area (Å²) in [4.78, 5) is 14.6. The molecule has 7 heteroatoms. The van der Waals surface area contributed by atoms with Crippen LogP contribution in [0.3, 0.4) is 0 Å². The molecule has 0 unspecified atom stereocenters. The maximum absolute atomic E-state index is 6.22. The third-order valence-corrected chi connectivity index (χ3v) is 6.75. The van der Waals surface area contributed by atoms with Gasteiger partial charge in [0.05, 0.1) is 5.69 Å². The minimum absolute atomic E-state index is 0.705. The molecule has 0 atom stereocenters. The van der Waals surface area contributed by atoms with Crippen LogP contribution in [-0.2, 0) is 12.8 Å². The van der Waals surface area contributed by atoms with Crippen LogP contribution in [0, 0.1) is 0 Å². The highest BCUT2D eigenvalue weighted by atomic mass is 35.5.